The van der Waals surface area contributed by atoms with Crippen LogP contribution in [0.3, 0.4) is 0 Å². The van der Waals surface area contributed by atoms with Gasteiger partial charge in [-0.15, -0.1) is 0 Å². The molecule has 28 heavy (non-hydrogen) atoms. The van der Waals surface area contributed by atoms with Crippen LogP contribution in [-0.2, 0) is 11.3 Å². The lowest BCUT2D eigenvalue weighted by Crippen LogP contribution is -2.34. The van der Waals surface area contributed by atoms with Crippen molar-refractivity contribution in [1.82, 2.24) is 14.9 Å². The summed E-state index contributed by atoms with van der Waals surface area (Å²) in [7, 11) is 0. The highest BCUT2D eigenvalue weighted by atomic mass is 16.2. The molecule has 142 valence electrons. The molecule has 1 N–H and O–H groups in total. The van der Waals surface area contributed by atoms with Crippen LogP contribution in [0.1, 0.15) is 41.5 Å². The first-order valence-electron chi connectivity index (χ1n) is 9.66. The third-order valence-corrected chi connectivity index (χ3v) is 5.08. The largest absolute Gasteiger partial charge is 0.353 e. The maximum absolute atomic E-state index is 13.0. The Hall–Kier alpha value is -3.21. The summed E-state index contributed by atoms with van der Waals surface area (Å²) in [5, 5.41) is 2.98. The van der Waals surface area contributed by atoms with Gasteiger partial charge in [0.1, 0.15) is 0 Å². The average Bonchev–Trinajstić information content (AvgIpc) is 3.56. The van der Waals surface area contributed by atoms with Crippen LogP contribution in [-0.4, -0.2) is 22.0 Å². The zero-order valence-corrected chi connectivity index (χ0v) is 15.6. The fraction of sp³-hybridized carbons (Fsp3) is 0.261. The first-order chi connectivity index (χ1) is 13.7. The molecule has 0 spiro atoms. The Kier molecular flexibility index (Phi) is 5.33. The quantitative estimate of drug-likeness (QED) is 0.692. The van der Waals surface area contributed by atoms with Gasteiger partial charge in [-0.25, -0.2) is 4.98 Å². The van der Waals surface area contributed by atoms with Crippen LogP contribution in [0, 0.1) is 0 Å². The molecule has 1 fully saturated rings. The highest BCUT2D eigenvalue weighted by Crippen LogP contribution is 2.38. The van der Waals surface area contributed by atoms with Gasteiger partial charge in [-0.3, -0.25) is 14.2 Å². The summed E-state index contributed by atoms with van der Waals surface area (Å²) in [4.78, 5) is 29.6. The molecule has 4 rings (SSSR count). The highest BCUT2D eigenvalue weighted by Gasteiger charge is 2.25. The minimum absolute atomic E-state index is 0.0613. The van der Waals surface area contributed by atoms with Crippen LogP contribution >= 0.6 is 0 Å². The van der Waals surface area contributed by atoms with Crippen molar-refractivity contribution >= 4 is 5.91 Å². The van der Waals surface area contributed by atoms with Gasteiger partial charge in [0.2, 0.25) is 5.91 Å². The van der Waals surface area contributed by atoms with E-state index >= 15 is 0 Å². The lowest BCUT2D eigenvalue weighted by molar-refractivity contribution is -0.121. The van der Waals surface area contributed by atoms with Crippen LogP contribution < -0.4 is 10.9 Å². The normalized spacial score (nSPS) is 13.5. The van der Waals surface area contributed by atoms with E-state index in [0.29, 0.717) is 19.0 Å². The second-order valence-corrected chi connectivity index (χ2v) is 7.17. The SMILES string of the molecule is O=C(NCCn1cnc(C2CC2)cc1=O)C(c1ccccc1)c1ccccc1. The molecule has 1 aliphatic rings. The molecule has 0 bridgehead atoms. The van der Waals surface area contributed by atoms with Crippen LogP contribution in [0.5, 0.6) is 0 Å². The number of rotatable bonds is 7. The molecule has 1 aliphatic carbocycles. The number of nitrogens with zero attached hydrogens (tertiary/aromatic N) is 2. The third kappa shape index (κ3) is 4.19. The predicted octanol–water partition coefficient (Wildman–Crippen LogP) is 3.07. The molecule has 3 aromatic rings. The zero-order valence-electron chi connectivity index (χ0n) is 15.6. The number of carbonyl (C=O) groups is 1. The molecule has 0 aliphatic heterocycles. The van der Waals surface area contributed by atoms with E-state index in [9.17, 15) is 9.59 Å². The molecule has 0 atom stereocenters. The summed E-state index contributed by atoms with van der Waals surface area (Å²) < 4.78 is 1.55. The molecule has 0 saturated heterocycles. The summed E-state index contributed by atoms with van der Waals surface area (Å²) in [6.45, 7) is 0.776. The van der Waals surface area contributed by atoms with Gasteiger partial charge in [0.15, 0.2) is 0 Å². The topological polar surface area (TPSA) is 64.0 Å². The first kappa shape index (κ1) is 18.2. The minimum atomic E-state index is -0.380. The summed E-state index contributed by atoms with van der Waals surface area (Å²) in [6.07, 6.45) is 3.83. The van der Waals surface area contributed by atoms with E-state index in [0.717, 1.165) is 29.7 Å². The fourth-order valence-electron chi connectivity index (χ4n) is 3.40. The smallest absolute Gasteiger partial charge is 0.253 e. The standard InChI is InChI=1S/C23H23N3O2/c27-21-15-20(17-11-12-17)25-16-26(21)14-13-24-23(28)22(18-7-3-1-4-8-18)19-9-5-2-6-10-19/h1-10,15-17,22H,11-14H2,(H,24,28). The van der Waals surface area contributed by atoms with Crippen LogP contribution in [0.2, 0.25) is 0 Å². The van der Waals surface area contributed by atoms with Gasteiger partial charge in [0.25, 0.3) is 5.56 Å². The van der Waals surface area contributed by atoms with E-state index in [1.165, 1.54) is 0 Å². The second kappa shape index (κ2) is 8.21. The van der Waals surface area contributed by atoms with E-state index in [-0.39, 0.29) is 17.4 Å². The maximum atomic E-state index is 13.0. The Morgan fingerprint density at radius 3 is 2.18 bits per heavy atom. The van der Waals surface area contributed by atoms with E-state index in [1.807, 2.05) is 60.7 Å². The van der Waals surface area contributed by atoms with Crippen molar-refractivity contribution in [3.63, 3.8) is 0 Å². The van der Waals surface area contributed by atoms with E-state index < -0.39 is 0 Å². The number of hydrogen-bond donors (Lipinski definition) is 1. The second-order valence-electron chi connectivity index (χ2n) is 7.17. The molecule has 0 radical (unpaired) electrons. The Balaban J connectivity index is 1.44. The average molecular weight is 373 g/mol. The lowest BCUT2D eigenvalue weighted by Gasteiger charge is -2.18. The number of benzene rings is 2. The first-order valence-corrected chi connectivity index (χ1v) is 9.66. The molecular weight excluding hydrogens is 350 g/mol. The van der Waals surface area contributed by atoms with Crippen molar-refractivity contribution in [3.8, 4) is 0 Å². The lowest BCUT2D eigenvalue weighted by atomic mass is 9.90. The monoisotopic (exact) mass is 373 g/mol. The van der Waals surface area contributed by atoms with Gasteiger partial charge in [-0.05, 0) is 24.0 Å². The van der Waals surface area contributed by atoms with Gasteiger partial charge >= 0.3 is 0 Å². The molecule has 1 heterocycles. The van der Waals surface area contributed by atoms with Gasteiger partial charge in [0, 0.05) is 25.1 Å². The summed E-state index contributed by atoms with van der Waals surface area (Å²) in [5.74, 6) is 0.00190. The van der Waals surface area contributed by atoms with Gasteiger partial charge < -0.3 is 5.32 Å². The Labute approximate surface area is 164 Å². The van der Waals surface area contributed by atoms with Crippen molar-refractivity contribution in [2.24, 2.45) is 0 Å². The predicted molar refractivity (Wildman–Crippen MR) is 108 cm³/mol. The highest BCUT2D eigenvalue weighted by molar-refractivity contribution is 5.87. The molecule has 5 nitrogen and oxygen atoms in total. The number of carbonyl (C=O) groups excluding carboxylic acids is 1. The molecular formula is C23H23N3O2. The Bertz CT molecular complexity index is 956. The van der Waals surface area contributed by atoms with Crippen molar-refractivity contribution in [3.05, 3.63) is 100 Å². The number of nitrogens with one attached hydrogen (secondary N) is 1. The van der Waals surface area contributed by atoms with E-state index in [1.54, 1.807) is 17.0 Å². The van der Waals surface area contributed by atoms with E-state index in [2.05, 4.69) is 10.3 Å². The van der Waals surface area contributed by atoms with Crippen molar-refractivity contribution in [2.75, 3.05) is 6.54 Å². The number of aromatic nitrogens is 2. The van der Waals surface area contributed by atoms with Gasteiger partial charge in [-0.1, -0.05) is 60.7 Å². The van der Waals surface area contributed by atoms with Crippen molar-refractivity contribution in [1.29, 1.82) is 0 Å². The number of hydrogen-bond acceptors (Lipinski definition) is 3. The van der Waals surface area contributed by atoms with Crippen LogP contribution in [0.4, 0.5) is 0 Å². The van der Waals surface area contributed by atoms with Crippen LogP contribution in [0.25, 0.3) is 0 Å². The molecule has 2 aromatic carbocycles. The minimum Gasteiger partial charge on any atom is -0.353 e. The molecule has 1 saturated carbocycles. The molecule has 1 amide bonds. The summed E-state index contributed by atoms with van der Waals surface area (Å²) >= 11 is 0. The Morgan fingerprint density at radius 1 is 1.04 bits per heavy atom. The van der Waals surface area contributed by atoms with Crippen molar-refractivity contribution in [2.45, 2.75) is 31.2 Å². The fourth-order valence-corrected chi connectivity index (χ4v) is 3.40. The molecule has 0 unspecified atom stereocenters. The third-order valence-electron chi connectivity index (χ3n) is 5.08. The van der Waals surface area contributed by atoms with E-state index in [4.69, 9.17) is 0 Å². The van der Waals surface area contributed by atoms with Gasteiger partial charge in [0.05, 0.1) is 17.9 Å². The summed E-state index contributed by atoms with van der Waals surface area (Å²) in [5.41, 5.74) is 2.71. The van der Waals surface area contributed by atoms with Crippen molar-refractivity contribution < 1.29 is 4.79 Å². The zero-order chi connectivity index (χ0) is 19.3. The van der Waals surface area contributed by atoms with Gasteiger partial charge in [-0.2, -0.15) is 0 Å². The number of amides is 1. The molecule has 1 aromatic heterocycles. The van der Waals surface area contributed by atoms with Crippen LogP contribution in [0.15, 0.2) is 77.9 Å². The Morgan fingerprint density at radius 2 is 1.64 bits per heavy atom. The molecule has 5 heteroatoms. The maximum Gasteiger partial charge on any atom is 0.253 e. The summed E-state index contributed by atoms with van der Waals surface area (Å²) in [6, 6.07) is 21.1.